The van der Waals surface area contributed by atoms with Gasteiger partial charge in [0.05, 0.1) is 17.4 Å². The third-order valence-corrected chi connectivity index (χ3v) is 5.90. The molecule has 3 heterocycles. The molecule has 0 atom stereocenters. The largest absolute Gasteiger partial charge is 0.430 e. The standard InChI is InChI=1S/C23H21ClN4O3/c1-12(2)19-16-8-4-7-15(16)18-20-21(31-22(18)27-19)23(30)28(11-25-20)10-17(29)26-14-6-3-5-13(24)9-14/h3,5-6,9,11-12H,4,7-8,10H2,1-2H3,(H,26,29). The van der Waals surface area contributed by atoms with E-state index in [1.807, 2.05) is 0 Å². The van der Waals surface area contributed by atoms with E-state index in [4.69, 9.17) is 21.0 Å². The Bertz CT molecular complexity index is 1400. The molecule has 1 amide bonds. The van der Waals surface area contributed by atoms with Crippen molar-refractivity contribution in [3.05, 3.63) is 62.8 Å². The number of pyridine rings is 1. The maximum Gasteiger partial charge on any atom is 0.297 e. The third-order valence-electron chi connectivity index (χ3n) is 5.67. The van der Waals surface area contributed by atoms with E-state index in [-0.39, 0.29) is 24.0 Å². The summed E-state index contributed by atoms with van der Waals surface area (Å²) in [5.41, 5.74) is 4.74. The van der Waals surface area contributed by atoms with Gasteiger partial charge < -0.3 is 9.73 Å². The molecule has 0 saturated heterocycles. The topological polar surface area (TPSA) is 90.0 Å². The summed E-state index contributed by atoms with van der Waals surface area (Å²) in [6.45, 7) is 4.03. The quantitative estimate of drug-likeness (QED) is 0.510. The van der Waals surface area contributed by atoms with Crippen LogP contribution in [0.3, 0.4) is 0 Å². The van der Waals surface area contributed by atoms with Crippen molar-refractivity contribution < 1.29 is 9.21 Å². The van der Waals surface area contributed by atoms with Gasteiger partial charge >= 0.3 is 0 Å². The van der Waals surface area contributed by atoms with Crippen LogP contribution in [0.5, 0.6) is 0 Å². The molecule has 0 aliphatic heterocycles. The summed E-state index contributed by atoms with van der Waals surface area (Å²) in [7, 11) is 0. The van der Waals surface area contributed by atoms with Crippen molar-refractivity contribution in [1.82, 2.24) is 14.5 Å². The van der Waals surface area contributed by atoms with Crippen molar-refractivity contribution >= 4 is 45.4 Å². The second-order valence-electron chi connectivity index (χ2n) is 8.16. The van der Waals surface area contributed by atoms with Crippen LogP contribution in [0.25, 0.3) is 22.2 Å². The van der Waals surface area contributed by atoms with Crippen LogP contribution in [0, 0.1) is 0 Å². The van der Waals surface area contributed by atoms with Crippen LogP contribution >= 0.6 is 11.6 Å². The number of hydrogen-bond donors (Lipinski definition) is 1. The minimum Gasteiger partial charge on any atom is -0.430 e. The molecule has 1 N–H and O–H groups in total. The molecular weight excluding hydrogens is 416 g/mol. The van der Waals surface area contributed by atoms with Crippen LogP contribution in [0.1, 0.15) is 43.0 Å². The van der Waals surface area contributed by atoms with Crippen LogP contribution in [-0.2, 0) is 24.2 Å². The van der Waals surface area contributed by atoms with Gasteiger partial charge in [-0.15, -0.1) is 0 Å². The van der Waals surface area contributed by atoms with Gasteiger partial charge in [-0.1, -0.05) is 31.5 Å². The number of aromatic nitrogens is 3. The monoisotopic (exact) mass is 436 g/mol. The number of nitrogens with zero attached hydrogens (tertiary/aromatic N) is 3. The van der Waals surface area contributed by atoms with E-state index in [0.29, 0.717) is 21.9 Å². The molecule has 158 valence electrons. The predicted molar refractivity (Wildman–Crippen MR) is 120 cm³/mol. The Morgan fingerprint density at radius 2 is 2.10 bits per heavy atom. The minimum absolute atomic E-state index is 0.135. The minimum atomic E-state index is -0.401. The summed E-state index contributed by atoms with van der Waals surface area (Å²) >= 11 is 5.95. The first-order chi connectivity index (χ1) is 14.9. The maximum absolute atomic E-state index is 13.1. The molecular formula is C23H21ClN4O3. The van der Waals surface area contributed by atoms with Gasteiger partial charge in [0.1, 0.15) is 12.1 Å². The van der Waals surface area contributed by atoms with Crippen LogP contribution in [0.4, 0.5) is 5.69 Å². The predicted octanol–water partition coefficient (Wildman–Crippen LogP) is 4.44. The molecule has 0 bridgehead atoms. The fourth-order valence-corrected chi connectivity index (χ4v) is 4.52. The first-order valence-electron chi connectivity index (χ1n) is 10.3. The molecule has 8 heteroatoms. The number of rotatable bonds is 4. The first-order valence-corrected chi connectivity index (χ1v) is 10.7. The molecule has 1 aromatic carbocycles. The van der Waals surface area contributed by atoms with E-state index < -0.39 is 5.56 Å². The molecule has 0 fully saturated rings. The van der Waals surface area contributed by atoms with Crippen LogP contribution in [0.15, 0.2) is 39.8 Å². The SMILES string of the molecule is CC(C)c1nc2oc3c(=O)n(CC(=O)Nc4cccc(Cl)c4)cnc3c2c2c1CCC2. The highest BCUT2D eigenvalue weighted by molar-refractivity contribution is 6.30. The summed E-state index contributed by atoms with van der Waals surface area (Å²) in [6, 6.07) is 6.83. The molecule has 0 saturated carbocycles. The van der Waals surface area contributed by atoms with Gasteiger partial charge in [0.25, 0.3) is 5.56 Å². The lowest BCUT2D eigenvalue weighted by molar-refractivity contribution is -0.116. The lowest BCUT2D eigenvalue weighted by Crippen LogP contribution is -2.27. The highest BCUT2D eigenvalue weighted by Crippen LogP contribution is 2.37. The molecule has 0 unspecified atom stereocenters. The van der Waals surface area contributed by atoms with Crippen molar-refractivity contribution in [3.63, 3.8) is 0 Å². The van der Waals surface area contributed by atoms with E-state index >= 15 is 0 Å². The normalized spacial score (nSPS) is 13.3. The van der Waals surface area contributed by atoms with Crippen LogP contribution < -0.4 is 10.9 Å². The van der Waals surface area contributed by atoms with E-state index in [2.05, 4.69) is 24.1 Å². The fourth-order valence-electron chi connectivity index (χ4n) is 4.33. The number of furan rings is 1. The molecule has 1 aliphatic carbocycles. The Labute approximate surface area is 183 Å². The van der Waals surface area contributed by atoms with E-state index in [1.54, 1.807) is 24.3 Å². The van der Waals surface area contributed by atoms with Crippen molar-refractivity contribution in [1.29, 1.82) is 0 Å². The van der Waals surface area contributed by atoms with Crippen molar-refractivity contribution in [2.45, 2.75) is 45.6 Å². The van der Waals surface area contributed by atoms with Gasteiger partial charge in [-0.2, -0.15) is 0 Å². The zero-order chi connectivity index (χ0) is 21.7. The molecule has 31 heavy (non-hydrogen) atoms. The zero-order valence-corrected chi connectivity index (χ0v) is 18.0. The number of halogens is 1. The van der Waals surface area contributed by atoms with Crippen molar-refractivity contribution in [2.24, 2.45) is 0 Å². The van der Waals surface area contributed by atoms with Crippen molar-refractivity contribution in [3.8, 4) is 0 Å². The zero-order valence-electron chi connectivity index (χ0n) is 17.2. The number of fused-ring (bicyclic) bond motifs is 5. The molecule has 4 aromatic rings. The molecule has 1 aliphatic rings. The Kier molecular flexibility index (Phi) is 4.78. The fraction of sp³-hybridized carbons (Fsp3) is 0.304. The second-order valence-corrected chi connectivity index (χ2v) is 8.59. The Morgan fingerprint density at radius 3 is 2.87 bits per heavy atom. The number of aryl methyl sites for hydroxylation is 1. The first kappa shape index (κ1) is 19.8. The van der Waals surface area contributed by atoms with Gasteiger partial charge in [-0.05, 0) is 54.5 Å². The average molecular weight is 437 g/mol. The Morgan fingerprint density at radius 1 is 1.29 bits per heavy atom. The summed E-state index contributed by atoms with van der Waals surface area (Å²) in [5.74, 6) is -0.0907. The summed E-state index contributed by atoms with van der Waals surface area (Å²) in [4.78, 5) is 34.7. The highest BCUT2D eigenvalue weighted by atomic mass is 35.5. The number of carbonyl (C=O) groups excluding carboxylic acids is 1. The lowest BCUT2D eigenvalue weighted by Gasteiger charge is -2.11. The maximum atomic E-state index is 13.1. The Balaban J connectivity index is 1.55. The third kappa shape index (κ3) is 3.39. The average Bonchev–Trinajstić information content (AvgIpc) is 3.34. The smallest absolute Gasteiger partial charge is 0.297 e. The number of amides is 1. The highest BCUT2D eigenvalue weighted by Gasteiger charge is 2.26. The van der Waals surface area contributed by atoms with Gasteiger partial charge in [-0.3, -0.25) is 14.2 Å². The molecule has 7 nitrogen and oxygen atoms in total. The van der Waals surface area contributed by atoms with Gasteiger partial charge in [-0.25, -0.2) is 9.97 Å². The number of anilines is 1. The van der Waals surface area contributed by atoms with Gasteiger partial charge in [0.15, 0.2) is 0 Å². The number of carbonyl (C=O) groups is 1. The van der Waals surface area contributed by atoms with E-state index in [0.717, 1.165) is 30.3 Å². The van der Waals surface area contributed by atoms with Gasteiger partial charge in [0, 0.05) is 10.7 Å². The molecule has 5 rings (SSSR count). The second kappa shape index (κ2) is 7.50. The summed E-state index contributed by atoms with van der Waals surface area (Å²) in [6.07, 6.45) is 4.37. The lowest BCUT2D eigenvalue weighted by atomic mass is 9.99. The summed E-state index contributed by atoms with van der Waals surface area (Å²) < 4.78 is 7.14. The Hall–Kier alpha value is -3.19. The molecule has 0 spiro atoms. The molecule has 0 radical (unpaired) electrons. The number of benzene rings is 1. The van der Waals surface area contributed by atoms with E-state index in [1.165, 1.54) is 22.0 Å². The molecule has 3 aromatic heterocycles. The summed E-state index contributed by atoms with van der Waals surface area (Å²) in [5, 5.41) is 4.08. The van der Waals surface area contributed by atoms with E-state index in [9.17, 15) is 9.59 Å². The van der Waals surface area contributed by atoms with Crippen LogP contribution in [-0.4, -0.2) is 20.4 Å². The van der Waals surface area contributed by atoms with Crippen molar-refractivity contribution in [2.75, 3.05) is 5.32 Å². The van der Waals surface area contributed by atoms with Gasteiger partial charge in [0.2, 0.25) is 17.2 Å². The number of hydrogen-bond acceptors (Lipinski definition) is 5. The van der Waals surface area contributed by atoms with Crippen LogP contribution in [0.2, 0.25) is 5.02 Å². The number of nitrogens with one attached hydrogen (secondary N) is 1.